The van der Waals surface area contributed by atoms with Gasteiger partial charge in [0, 0.05) is 0 Å². The maximum absolute atomic E-state index is 13.8. The molecule has 2 unspecified atom stereocenters. The molecular weight excluding hydrogens is 439 g/mol. The second-order valence-corrected chi connectivity index (χ2v) is 8.24. The van der Waals surface area contributed by atoms with E-state index in [1.54, 1.807) is 0 Å². The van der Waals surface area contributed by atoms with Crippen LogP contribution in [0.25, 0.3) is 11.2 Å². The van der Waals surface area contributed by atoms with Crippen molar-refractivity contribution in [2.45, 2.75) is 37.0 Å². The van der Waals surface area contributed by atoms with Crippen LogP contribution >= 0.6 is 0 Å². The molecule has 0 saturated carbocycles. The molecule has 0 radical (unpaired) electrons. The Morgan fingerprint density at radius 3 is 2.85 bits per heavy atom. The first kappa shape index (κ1) is 22.4. The van der Waals surface area contributed by atoms with E-state index in [0.717, 1.165) is 0 Å². The quantitative estimate of drug-likeness (QED) is 0.226. The van der Waals surface area contributed by atoms with Crippen molar-refractivity contribution in [2.75, 3.05) is 12.3 Å². The number of ether oxygens (including phenoxy) is 3. The van der Waals surface area contributed by atoms with E-state index in [4.69, 9.17) is 30.8 Å². The minimum Gasteiger partial charge on any atom is -0.430 e. The van der Waals surface area contributed by atoms with Crippen molar-refractivity contribution in [1.29, 1.82) is 0 Å². The molecule has 1 aliphatic heterocycles. The average molecular weight is 457 g/mol. The van der Waals surface area contributed by atoms with Crippen LogP contribution in [0.1, 0.15) is 24.2 Å². The van der Waals surface area contributed by atoms with Crippen LogP contribution in [-0.2, 0) is 20.8 Å². The van der Waals surface area contributed by atoms with Crippen molar-refractivity contribution in [3.8, 4) is 12.3 Å². The Labute approximate surface area is 187 Å². The summed E-state index contributed by atoms with van der Waals surface area (Å²) in [5.74, 6) is 1.77. The molecule has 1 fully saturated rings. The Bertz CT molecular complexity index is 1330. The van der Waals surface area contributed by atoms with Crippen LogP contribution in [0.2, 0.25) is 5.21 Å². The first-order valence-corrected chi connectivity index (χ1v) is 9.74. The number of rotatable bonds is 5. The molecule has 0 spiro atoms. The second kappa shape index (κ2) is 7.96. The van der Waals surface area contributed by atoms with Gasteiger partial charge in [-0.3, -0.25) is 4.57 Å². The highest BCUT2D eigenvalue weighted by Crippen LogP contribution is 2.51. The summed E-state index contributed by atoms with van der Waals surface area (Å²) in [4.78, 5) is 34.5. The zero-order valence-corrected chi connectivity index (χ0v) is 18.0. The van der Waals surface area contributed by atoms with Crippen molar-refractivity contribution in [2.24, 2.45) is 0 Å². The first-order chi connectivity index (χ1) is 15.5. The van der Waals surface area contributed by atoms with Crippen molar-refractivity contribution in [1.82, 2.24) is 19.5 Å². The fraction of sp³-hybridized carbons (Fsp3) is 0.389. The van der Waals surface area contributed by atoms with Crippen molar-refractivity contribution in [3.05, 3.63) is 34.5 Å². The standard InChI is InChI=1S/C18H18B2FN5O7/c1-3-17(6-30-15(27)29-4-9-8(2)31-16(28)32-9)5-18(19,20)13(33-17)26-7-23-10-11(22)24-14(21)25-12(10)26/h1,7,13H,4-6,19-20H2,2H3,(H2,22,24,25). The number of carbonyl (C=O) groups is 1. The predicted octanol–water partition coefficient (Wildman–Crippen LogP) is -0.571. The number of nitrogens with two attached hydrogens (primary N) is 1. The number of hydrogen-bond acceptors (Lipinski definition) is 11. The topological polar surface area (TPSA) is 158 Å². The summed E-state index contributed by atoms with van der Waals surface area (Å²) in [7, 11) is 3.76. The number of anilines is 1. The van der Waals surface area contributed by atoms with Crippen LogP contribution in [0.5, 0.6) is 0 Å². The van der Waals surface area contributed by atoms with Crippen molar-refractivity contribution in [3.63, 3.8) is 0 Å². The van der Waals surface area contributed by atoms with Gasteiger partial charge in [0.05, 0.1) is 6.33 Å². The highest BCUT2D eigenvalue weighted by molar-refractivity contribution is 6.40. The number of carbonyl (C=O) groups excluding carboxylic acids is 1. The SMILES string of the molecule is BC1(B)CC(C#C)(COC(=O)OCc2oc(=O)oc2C)OC1n1cnc2c(N)nc(F)nc21. The van der Waals surface area contributed by atoms with Gasteiger partial charge in [-0.05, 0) is 18.6 Å². The van der Waals surface area contributed by atoms with E-state index >= 15 is 0 Å². The third kappa shape index (κ3) is 4.17. The molecule has 4 heterocycles. The molecule has 0 aliphatic carbocycles. The van der Waals surface area contributed by atoms with Gasteiger partial charge in [-0.15, -0.1) is 6.42 Å². The van der Waals surface area contributed by atoms with E-state index in [1.807, 2.05) is 15.7 Å². The molecule has 3 aromatic rings. The first-order valence-electron chi connectivity index (χ1n) is 9.74. The minimum absolute atomic E-state index is 0.0578. The molecule has 0 bridgehead atoms. The molecule has 15 heteroatoms. The number of aryl methyl sites for hydroxylation is 1. The van der Waals surface area contributed by atoms with Crippen LogP contribution < -0.4 is 11.6 Å². The molecule has 12 nitrogen and oxygen atoms in total. The molecule has 33 heavy (non-hydrogen) atoms. The zero-order valence-electron chi connectivity index (χ0n) is 18.0. The van der Waals surface area contributed by atoms with E-state index in [0.29, 0.717) is 0 Å². The molecule has 170 valence electrons. The third-order valence-corrected chi connectivity index (χ3v) is 5.26. The van der Waals surface area contributed by atoms with Crippen LogP contribution in [0.4, 0.5) is 15.0 Å². The lowest BCUT2D eigenvalue weighted by Gasteiger charge is -2.26. The maximum Gasteiger partial charge on any atom is 0.519 e. The Balaban J connectivity index is 1.49. The Morgan fingerprint density at radius 2 is 2.18 bits per heavy atom. The lowest BCUT2D eigenvalue weighted by atomic mass is 9.51. The number of aromatic nitrogens is 4. The predicted molar refractivity (Wildman–Crippen MR) is 114 cm³/mol. The Morgan fingerprint density at radius 1 is 1.42 bits per heavy atom. The van der Waals surface area contributed by atoms with E-state index in [2.05, 4.69) is 25.3 Å². The molecule has 4 rings (SSSR count). The number of imidazole rings is 1. The lowest BCUT2D eigenvalue weighted by molar-refractivity contribution is -0.0753. The maximum atomic E-state index is 13.8. The van der Waals surface area contributed by atoms with E-state index in [-0.39, 0.29) is 48.1 Å². The zero-order chi connectivity index (χ0) is 24.0. The van der Waals surface area contributed by atoms with E-state index < -0.39 is 35.1 Å². The normalized spacial score (nSPS) is 21.7. The molecule has 3 aromatic heterocycles. The fourth-order valence-corrected chi connectivity index (χ4v) is 3.81. The highest BCUT2D eigenvalue weighted by Gasteiger charge is 2.52. The lowest BCUT2D eigenvalue weighted by Crippen LogP contribution is -2.34. The molecule has 0 aromatic carbocycles. The average Bonchev–Trinajstić information content (AvgIpc) is 3.38. The number of fused-ring (bicyclic) bond motifs is 1. The van der Waals surface area contributed by atoms with Gasteiger partial charge < -0.3 is 28.8 Å². The molecule has 2 atom stereocenters. The van der Waals surface area contributed by atoms with Crippen LogP contribution in [0.3, 0.4) is 0 Å². The summed E-state index contributed by atoms with van der Waals surface area (Å²) in [6.45, 7) is 0.803. The number of hydrogen-bond donors (Lipinski definition) is 1. The van der Waals surface area contributed by atoms with Gasteiger partial charge in [0.15, 0.2) is 40.7 Å². The summed E-state index contributed by atoms with van der Waals surface area (Å²) < 4.78 is 41.0. The fourth-order valence-electron chi connectivity index (χ4n) is 3.81. The second-order valence-electron chi connectivity index (χ2n) is 8.24. The van der Waals surface area contributed by atoms with Crippen LogP contribution in [0.15, 0.2) is 20.0 Å². The highest BCUT2D eigenvalue weighted by atomic mass is 19.1. The van der Waals surface area contributed by atoms with Gasteiger partial charge in [-0.25, -0.2) is 14.6 Å². The smallest absolute Gasteiger partial charge is 0.430 e. The summed E-state index contributed by atoms with van der Waals surface area (Å²) in [5, 5.41) is -0.596. The Hall–Kier alpha value is -3.79. The van der Waals surface area contributed by atoms with E-state index in [9.17, 15) is 14.0 Å². The number of halogens is 1. The summed E-state index contributed by atoms with van der Waals surface area (Å²) in [6, 6.07) is 0. The van der Waals surface area contributed by atoms with Gasteiger partial charge >= 0.3 is 18.1 Å². The van der Waals surface area contributed by atoms with Gasteiger partial charge in [0.2, 0.25) is 0 Å². The monoisotopic (exact) mass is 457 g/mol. The molecule has 2 N–H and O–H groups in total. The molecule has 1 saturated heterocycles. The summed E-state index contributed by atoms with van der Waals surface area (Å²) in [6.07, 6.45) is 4.65. The van der Waals surface area contributed by atoms with Crippen molar-refractivity contribution < 1.29 is 32.2 Å². The summed E-state index contributed by atoms with van der Waals surface area (Å²) >= 11 is 0. The minimum atomic E-state index is -1.31. The van der Waals surface area contributed by atoms with Gasteiger partial charge in [0.1, 0.15) is 28.5 Å². The molecular formula is C18H18B2FN5O7. The Kier molecular flexibility index (Phi) is 5.41. The van der Waals surface area contributed by atoms with Gasteiger partial charge in [-0.2, -0.15) is 14.4 Å². The van der Waals surface area contributed by atoms with Gasteiger partial charge in [-0.1, -0.05) is 5.92 Å². The third-order valence-electron chi connectivity index (χ3n) is 5.26. The summed E-state index contributed by atoms with van der Waals surface area (Å²) in [5.41, 5.74) is 4.79. The van der Waals surface area contributed by atoms with Gasteiger partial charge in [0.25, 0.3) is 0 Å². The largest absolute Gasteiger partial charge is 0.519 e. The number of nitrogens with zero attached hydrogens (tertiary/aromatic N) is 4. The van der Waals surface area contributed by atoms with E-state index in [1.165, 1.54) is 17.8 Å². The van der Waals surface area contributed by atoms with Crippen LogP contribution in [0, 0.1) is 25.3 Å². The number of terminal acetylenes is 1. The van der Waals surface area contributed by atoms with Crippen LogP contribution in [-0.4, -0.2) is 53.6 Å². The number of nitrogen functional groups attached to an aromatic ring is 1. The van der Waals surface area contributed by atoms with Crippen molar-refractivity contribution >= 4 is 38.8 Å². The molecule has 1 aliphatic rings. The molecule has 0 amide bonds.